The van der Waals surface area contributed by atoms with Crippen molar-refractivity contribution in [1.29, 1.82) is 0 Å². The van der Waals surface area contributed by atoms with Crippen LogP contribution in [-0.4, -0.2) is 51.6 Å². The summed E-state index contributed by atoms with van der Waals surface area (Å²) in [6.45, 7) is 1.55. The first-order valence-electron chi connectivity index (χ1n) is 10.3. The van der Waals surface area contributed by atoms with Gasteiger partial charge in [0.1, 0.15) is 17.6 Å². The first-order valence-corrected chi connectivity index (χ1v) is 11.8. The first kappa shape index (κ1) is 21.3. The average molecular weight is 433 g/mol. The van der Waals surface area contributed by atoms with E-state index in [1.807, 2.05) is 54.6 Å². The van der Waals surface area contributed by atoms with Gasteiger partial charge in [0.05, 0.1) is 18.8 Å². The molecule has 30 heavy (non-hydrogen) atoms. The lowest BCUT2D eigenvalue weighted by molar-refractivity contribution is -0.110. The van der Waals surface area contributed by atoms with Crippen molar-refractivity contribution in [3.8, 4) is 5.75 Å². The molecule has 2 aromatic carbocycles. The molecule has 7 nitrogen and oxygen atoms in total. The summed E-state index contributed by atoms with van der Waals surface area (Å²) >= 11 is 0. The Balaban J connectivity index is 1.46. The van der Waals surface area contributed by atoms with Crippen molar-refractivity contribution in [2.24, 2.45) is 0 Å². The van der Waals surface area contributed by atoms with Crippen LogP contribution in [0.15, 0.2) is 54.6 Å². The van der Waals surface area contributed by atoms with Crippen molar-refractivity contribution < 1.29 is 22.7 Å². The molecule has 0 aliphatic carbocycles. The molecule has 2 fully saturated rings. The molecular formula is C22H28N2O5S. The summed E-state index contributed by atoms with van der Waals surface area (Å²) in [6, 6.07) is 17.1. The summed E-state index contributed by atoms with van der Waals surface area (Å²) in [5.41, 5.74) is 1.91. The largest absolute Gasteiger partial charge is 0.489 e. The summed E-state index contributed by atoms with van der Waals surface area (Å²) < 4.78 is 40.2. The lowest BCUT2D eigenvalue weighted by Crippen LogP contribution is -2.42. The Hall–Kier alpha value is -1.97. The zero-order valence-corrected chi connectivity index (χ0v) is 17.9. The maximum absolute atomic E-state index is 13.0. The molecule has 3 atom stereocenters. The van der Waals surface area contributed by atoms with Crippen molar-refractivity contribution in [3.05, 3.63) is 65.7 Å². The third-order valence-corrected chi connectivity index (χ3v) is 7.33. The van der Waals surface area contributed by atoms with Crippen LogP contribution in [0.3, 0.4) is 0 Å². The van der Waals surface area contributed by atoms with E-state index in [0.29, 0.717) is 25.5 Å². The van der Waals surface area contributed by atoms with E-state index in [9.17, 15) is 8.42 Å². The first-order chi connectivity index (χ1) is 14.5. The molecule has 8 heteroatoms. The molecule has 0 radical (unpaired) electrons. The number of ether oxygens (including phenoxy) is 2. The Morgan fingerprint density at radius 3 is 2.77 bits per heavy atom. The lowest BCUT2D eigenvalue weighted by Gasteiger charge is -2.24. The highest BCUT2D eigenvalue weighted by molar-refractivity contribution is 7.90. The monoisotopic (exact) mass is 432 g/mol. The second kappa shape index (κ2) is 9.45. The Labute approximate surface area is 177 Å². The molecule has 2 aliphatic heterocycles. The van der Waals surface area contributed by atoms with Gasteiger partial charge in [-0.15, -0.1) is 0 Å². The van der Waals surface area contributed by atoms with Gasteiger partial charge in [0.25, 0.3) is 0 Å². The highest BCUT2D eigenvalue weighted by Crippen LogP contribution is 2.34. The van der Waals surface area contributed by atoms with Crippen LogP contribution >= 0.6 is 0 Å². The molecule has 2 aromatic rings. The number of sulfonamides is 1. The predicted octanol–water partition coefficient (Wildman–Crippen LogP) is 2.65. The van der Waals surface area contributed by atoms with Gasteiger partial charge in [0, 0.05) is 20.2 Å². The third kappa shape index (κ3) is 5.01. The lowest BCUT2D eigenvalue weighted by atomic mass is 10.0. The van der Waals surface area contributed by atoms with Gasteiger partial charge in [-0.1, -0.05) is 42.5 Å². The molecule has 1 N–H and O–H groups in total. The van der Waals surface area contributed by atoms with Crippen molar-refractivity contribution >= 4 is 10.0 Å². The molecule has 0 aromatic heterocycles. The molecule has 4 rings (SSSR count). The van der Waals surface area contributed by atoms with Crippen LogP contribution in [0.2, 0.25) is 0 Å². The van der Waals surface area contributed by atoms with Crippen LogP contribution in [-0.2, 0) is 26.2 Å². The topological polar surface area (TPSA) is 77.1 Å². The minimum atomic E-state index is -3.58. The van der Waals surface area contributed by atoms with E-state index >= 15 is 0 Å². The fraction of sp³-hybridized carbons (Fsp3) is 0.455. The molecule has 0 spiro atoms. The number of hydrogen-bond acceptors (Lipinski definition) is 6. The zero-order chi connectivity index (χ0) is 21.0. The van der Waals surface area contributed by atoms with E-state index in [0.717, 1.165) is 24.0 Å². The summed E-state index contributed by atoms with van der Waals surface area (Å²) in [5.74, 6) is 0.695. The number of nitrogens with zero attached hydrogens (tertiary/aromatic N) is 1. The Bertz CT molecular complexity index is 932. The average Bonchev–Trinajstić information content (AvgIpc) is 3.42. The van der Waals surface area contributed by atoms with Crippen LogP contribution in [0.1, 0.15) is 30.0 Å². The fourth-order valence-electron chi connectivity index (χ4n) is 3.93. The Morgan fingerprint density at radius 1 is 1.17 bits per heavy atom. The number of hydroxylamine groups is 2. The van der Waals surface area contributed by atoms with E-state index in [1.165, 1.54) is 0 Å². The number of rotatable bonds is 8. The van der Waals surface area contributed by atoms with E-state index in [4.69, 9.17) is 14.3 Å². The van der Waals surface area contributed by atoms with Crippen molar-refractivity contribution in [3.63, 3.8) is 0 Å². The quantitative estimate of drug-likeness (QED) is 0.691. The van der Waals surface area contributed by atoms with E-state index in [-0.39, 0.29) is 12.7 Å². The highest BCUT2D eigenvalue weighted by Gasteiger charge is 2.43. The van der Waals surface area contributed by atoms with Gasteiger partial charge in [-0.2, -0.15) is 5.06 Å². The maximum atomic E-state index is 13.0. The molecule has 0 unspecified atom stereocenters. The fourth-order valence-corrected chi connectivity index (χ4v) is 5.47. The summed E-state index contributed by atoms with van der Waals surface area (Å²) in [7, 11) is -1.82. The summed E-state index contributed by atoms with van der Waals surface area (Å²) in [6.07, 6.45) is 1.81. The van der Waals surface area contributed by atoms with Crippen LogP contribution < -0.4 is 9.46 Å². The number of hydrogen-bond donors (Lipinski definition) is 1. The van der Waals surface area contributed by atoms with Crippen LogP contribution in [0.5, 0.6) is 5.75 Å². The molecule has 2 aliphatic rings. The molecule has 2 saturated heterocycles. The minimum absolute atomic E-state index is 0.0482. The highest BCUT2D eigenvalue weighted by atomic mass is 32.2. The number of benzene rings is 2. The standard InChI is InChI=1S/C22H28N2O5S/c1-24-22(21(16-29-24)30(25,26)23-14-20-11-6-12-27-20)18-9-5-10-19(13-18)28-15-17-7-3-2-4-8-17/h2-5,7-10,13,20-23H,6,11-12,14-16H2,1H3/t20-,21+,22-/m1/s1. The van der Waals surface area contributed by atoms with Crippen molar-refractivity contribution in [2.45, 2.75) is 36.8 Å². The van der Waals surface area contributed by atoms with Gasteiger partial charge in [-0.25, -0.2) is 13.1 Å². The van der Waals surface area contributed by atoms with Gasteiger partial charge in [-0.05, 0) is 36.1 Å². The molecule has 0 amide bonds. The van der Waals surface area contributed by atoms with E-state index in [2.05, 4.69) is 4.72 Å². The van der Waals surface area contributed by atoms with Crippen LogP contribution in [0.25, 0.3) is 0 Å². The van der Waals surface area contributed by atoms with E-state index < -0.39 is 21.3 Å². The van der Waals surface area contributed by atoms with Gasteiger partial charge >= 0.3 is 0 Å². The van der Waals surface area contributed by atoms with Crippen LogP contribution in [0, 0.1) is 0 Å². The molecule has 162 valence electrons. The van der Waals surface area contributed by atoms with Gasteiger partial charge in [-0.3, -0.25) is 4.84 Å². The van der Waals surface area contributed by atoms with Gasteiger partial charge in [0.15, 0.2) is 0 Å². The van der Waals surface area contributed by atoms with Crippen LogP contribution in [0.4, 0.5) is 0 Å². The zero-order valence-electron chi connectivity index (χ0n) is 17.1. The Morgan fingerprint density at radius 2 is 2.00 bits per heavy atom. The van der Waals surface area contributed by atoms with E-state index in [1.54, 1.807) is 12.1 Å². The third-order valence-electron chi connectivity index (χ3n) is 5.57. The molecule has 0 bridgehead atoms. The van der Waals surface area contributed by atoms with Gasteiger partial charge < -0.3 is 9.47 Å². The second-order valence-electron chi connectivity index (χ2n) is 7.70. The van der Waals surface area contributed by atoms with Gasteiger partial charge in [0.2, 0.25) is 10.0 Å². The summed E-state index contributed by atoms with van der Waals surface area (Å²) in [4.78, 5) is 5.60. The van der Waals surface area contributed by atoms with Crippen molar-refractivity contribution in [1.82, 2.24) is 9.79 Å². The predicted molar refractivity (Wildman–Crippen MR) is 113 cm³/mol. The molecular weight excluding hydrogens is 404 g/mol. The minimum Gasteiger partial charge on any atom is -0.489 e. The Kier molecular flexibility index (Phi) is 6.70. The maximum Gasteiger partial charge on any atom is 0.218 e. The molecule has 0 saturated carbocycles. The smallest absolute Gasteiger partial charge is 0.218 e. The SMILES string of the molecule is CN1OC[C@H](S(=O)(=O)NC[C@H]2CCCO2)[C@H]1c1cccc(OCc2ccccc2)c1. The normalized spacial score (nSPS) is 24.9. The summed E-state index contributed by atoms with van der Waals surface area (Å²) in [5, 5.41) is 0.903. The molecule has 2 heterocycles. The van der Waals surface area contributed by atoms with Crippen molar-refractivity contribution in [2.75, 3.05) is 26.8 Å². The second-order valence-corrected chi connectivity index (χ2v) is 9.68. The number of nitrogens with one attached hydrogen (secondary N) is 1.